The van der Waals surface area contributed by atoms with Crippen molar-refractivity contribution in [2.45, 2.75) is 24.3 Å². The van der Waals surface area contributed by atoms with E-state index in [2.05, 4.69) is 0 Å². The molecule has 6 nitrogen and oxygen atoms in total. The Labute approximate surface area is 135 Å². The number of carbonyl (C=O) groups excluding carboxylic acids is 1. The number of hydrogen-bond donors (Lipinski definition) is 1. The van der Waals surface area contributed by atoms with Gasteiger partial charge in [-0.05, 0) is 38.1 Å². The van der Waals surface area contributed by atoms with Gasteiger partial charge in [0.25, 0.3) is 0 Å². The van der Waals surface area contributed by atoms with E-state index in [1.54, 1.807) is 30.9 Å². The molecule has 1 aromatic rings. The molecule has 0 saturated carbocycles. The molecule has 0 aromatic heterocycles. The second-order valence-electron chi connectivity index (χ2n) is 5.87. The van der Waals surface area contributed by atoms with E-state index >= 15 is 0 Å². The Morgan fingerprint density at radius 3 is 2.09 bits per heavy atom. The van der Waals surface area contributed by atoms with E-state index < -0.39 is 15.6 Å². The molecule has 0 aliphatic carbocycles. The summed E-state index contributed by atoms with van der Waals surface area (Å²) >= 11 is 5.78. The molecule has 122 valence electrons. The van der Waals surface area contributed by atoms with Crippen LogP contribution < -0.4 is 5.73 Å². The largest absolute Gasteiger partial charge is 0.338 e. The molecule has 2 N–H and O–H groups in total. The van der Waals surface area contributed by atoms with Gasteiger partial charge in [-0.1, -0.05) is 11.6 Å². The molecule has 8 heteroatoms. The van der Waals surface area contributed by atoms with Crippen LogP contribution in [0, 0.1) is 0 Å². The minimum atomic E-state index is -3.56. The average Bonchev–Trinajstić information content (AvgIpc) is 2.46. The molecule has 0 unspecified atom stereocenters. The number of halogens is 1. The van der Waals surface area contributed by atoms with Crippen molar-refractivity contribution in [2.75, 3.05) is 26.2 Å². The van der Waals surface area contributed by atoms with Crippen LogP contribution in [0.3, 0.4) is 0 Å². The van der Waals surface area contributed by atoms with Gasteiger partial charge in [0.2, 0.25) is 15.9 Å². The Kier molecular flexibility index (Phi) is 4.81. The summed E-state index contributed by atoms with van der Waals surface area (Å²) < 4.78 is 26.4. The summed E-state index contributed by atoms with van der Waals surface area (Å²) in [6.45, 7) is 4.48. The smallest absolute Gasteiger partial charge is 0.243 e. The fraction of sp³-hybridized carbons (Fsp3) is 0.500. The normalized spacial score (nSPS) is 17.5. The fourth-order valence-corrected chi connectivity index (χ4v) is 3.84. The highest BCUT2D eigenvalue weighted by Crippen LogP contribution is 2.20. The van der Waals surface area contributed by atoms with Gasteiger partial charge in [0.1, 0.15) is 0 Å². The highest BCUT2D eigenvalue weighted by Gasteiger charge is 2.33. The van der Waals surface area contributed by atoms with Crippen molar-refractivity contribution in [1.82, 2.24) is 9.21 Å². The standard InChI is InChI=1S/C14H20ClN3O3S/c1-14(2,16)13(19)17-7-9-18(10-8-17)22(20,21)12-5-3-11(15)4-6-12/h3-6H,7-10,16H2,1-2H3. The average molecular weight is 346 g/mol. The van der Waals surface area contributed by atoms with Crippen molar-refractivity contribution in [3.63, 3.8) is 0 Å². The van der Waals surface area contributed by atoms with Crippen LogP contribution in [0.25, 0.3) is 0 Å². The van der Waals surface area contributed by atoms with Crippen LogP contribution in [0.1, 0.15) is 13.8 Å². The van der Waals surface area contributed by atoms with Crippen LogP contribution in [0.2, 0.25) is 5.02 Å². The van der Waals surface area contributed by atoms with Crippen LogP contribution in [0.15, 0.2) is 29.2 Å². The predicted molar refractivity (Wildman–Crippen MR) is 85.1 cm³/mol. The molecule has 0 atom stereocenters. The van der Waals surface area contributed by atoms with Gasteiger partial charge in [0.05, 0.1) is 10.4 Å². The first kappa shape index (κ1) is 17.2. The molecular weight excluding hydrogens is 326 g/mol. The van der Waals surface area contributed by atoms with Gasteiger partial charge in [-0.15, -0.1) is 0 Å². The maximum Gasteiger partial charge on any atom is 0.243 e. The molecule has 1 aromatic carbocycles. The van der Waals surface area contributed by atoms with Gasteiger partial charge < -0.3 is 10.6 Å². The number of nitrogens with zero attached hydrogens (tertiary/aromatic N) is 2. The number of carbonyl (C=O) groups is 1. The third-order valence-electron chi connectivity index (χ3n) is 3.53. The SMILES string of the molecule is CC(C)(N)C(=O)N1CCN(S(=O)(=O)c2ccc(Cl)cc2)CC1. The maximum atomic E-state index is 12.5. The highest BCUT2D eigenvalue weighted by atomic mass is 35.5. The Bertz CT molecular complexity index is 645. The first-order chi connectivity index (χ1) is 10.1. The van der Waals surface area contributed by atoms with E-state index in [4.69, 9.17) is 17.3 Å². The second kappa shape index (κ2) is 6.16. The molecule has 1 amide bonds. The third kappa shape index (κ3) is 3.60. The lowest BCUT2D eigenvalue weighted by atomic mass is 10.1. The molecule has 1 heterocycles. The number of sulfonamides is 1. The summed E-state index contributed by atoms with van der Waals surface area (Å²) in [6, 6.07) is 6.06. The van der Waals surface area contributed by atoms with E-state index in [9.17, 15) is 13.2 Å². The first-order valence-corrected chi connectivity index (χ1v) is 8.78. The second-order valence-corrected chi connectivity index (χ2v) is 8.25. The molecular formula is C14H20ClN3O3S. The quantitative estimate of drug-likeness (QED) is 0.882. The van der Waals surface area contributed by atoms with Gasteiger partial charge >= 0.3 is 0 Å². The highest BCUT2D eigenvalue weighted by molar-refractivity contribution is 7.89. The minimum Gasteiger partial charge on any atom is -0.338 e. The minimum absolute atomic E-state index is 0.170. The maximum absolute atomic E-state index is 12.5. The van der Waals surface area contributed by atoms with E-state index in [0.29, 0.717) is 18.1 Å². The van der Waals surface area contributed by atoms with E-state index in [0.717, 1.165) is 0 Å². The number of piperazine rings is 1. The number of nitrogens with two attached hydrogens (primary N) is 1. The molecule has 1 aliphatic heterocycles. The van der Waals surface area contributed by atoms with Crippen molar-refractivity contribution in [2.24, 2.45) is 5.73 Å². The summed E-state index contributed by atoms with van der Waals surface area (Å²) in [4.78, 5) is 13.9. The Morgan fingerprint density at radius 1 is 1.14 bits per heavy atom. The number of rotatable bonds is 3. The lowest BCUT2D eigenvalue weighted by molar-refractivity contribution is -0.137. The van der Waals surface area contributed by atoms with Gasteiger partial charge in [-0.3, -0.25) is 4.79 Å². The van der Waals surface area contributed by atoms with Crippen LogP contribution in [0.4, 0.5) is 0 Å². The van der Waals surface area contributed by atoms with Crippen LogP contribution in [0.5, 0.6) is 0 Å². The molecule has 0 radical (unpaired) electrons. The zero-order chi connectivity index (χ0) is 16.5. The van der Waals surface area contributed by atoms with E-state index in [-0.39, 0.29) is 23.9 Å². The zero-order valence-corrected chi connectivity index (χ0v) is 14.2. The molecule has 1 saturated heterocycles. The monoisotopic (exact) mass is 345 g/mol. The third-order valence-corrected chi connectivity index (χ3v) is 5.69. The van der Waals surface area contributed by atoms with Crippen LogP contribution in [-0.2, 0) is 14.8 Å². The summed E-state index contributed by atoms with van der Waals surface area (Å²) in [5.74, 6) is -0.170. The van der Waals surface area contributed by atoms with Gasteiger partial charge in [-0.25, -0.2) is 8.42 Å². The predicted octanol–water partition coefficient (Wildman–Crippen LogP) is 0.910. The van der Waals surface area contributed by atoms with Crippen molar-refractivity contribution in [1.29, 1.82) is 0 Å². The number of amides is 1. The Balaban J connectivity index is 2.08. The Morgan fingerprint density at radius 2 is 1.64 bits per heavy atom. The van der Waals surface area contributed by atoms with Crippen molar-refractivity contribution < 1.29 is 13.2 Å². The zero-order valence-electron chi connectivity index (χ0n) is 12.6. The first-order valence-electron chi connectivity index (χ1n) is 6.96. The summed E-state index contributed by atoms with van der Waals surface area (Å²) in [5.41, 5.74) is 4.85. The van der Waals surface area contributed by atoms with Gasteiger partial charge in [0, 0.05) is 31.2 Å². The van der Waals surface area contributed by atoms with Gasteiger partial charge in [0.15, 0.2) is 0 Å². The Hall–Kier alpha value is -1.15. The van der Waals surface area contributed by atoms with E-state index in [1.807, 2.05) is 0 Å². The lowest BCUT2D eigenvalue weighted by Crippen LogP contribution is -2.57. The molecule has 0 bridgehead atoms. The van der Waals surface area contributed by atoms with Crippen LogP contribution in [-0.4, -0.2) is 55.2 Å². The molecule has 22 heavy (non-hydrogen) atoms. The molecule has 1 fully saturated rings. The molecule has 0 spiro atoms. The fourth-order valence-electron chi connectivity index (χ4n) is 2.29. The molecule has 1 aliphatic rings. The lowest BCUT2D eigenvalue weighted by Gasteiger charge is -2.36. The number of hydrogen-bond acceptors (Lipinski definition) is 4. The summed E-state index contributed by atoms with van der Waals surface area (Å²) in [5, 5.41) is 0.486. The topological polar surface area (TPSA) is 83.7 Å². The van der Waals surface area contributed by atoms with Gasteiger partial charge in [-0.2, -0.15) is 4.31 Å². The van der Waals surface area contributed by atoms with Crippen LogP contribution >= 0.6 is 11.6 Å². The van der Waals surface area contributed by atoms with Crippen molar-refractivity contribution in [3.8, 4) is 0 Å². The van der Waals surface area contributed by atoms with Crippen molar-refractivity contribution in [3.05, 3.63) is 29.3 Å². The number of benzene rings is 1. The van der Waals surface area contributed by atoms with E-state index in [1.165, 1.54) is 16.4 Å². The van der Waals surface area contributed by atoms with Crippen molar-refractivity contribution >= 4 is 27.5 Å². The molecule has 2 rings (SSSR count). The summed E-state index contributed by atoms with van der Waals surface area (Å²) in [6.07, 6.45) is 0. The summed E-state index contributed by atoms with van der Waals surface area (Å²) in [7, 11) is -3.56.